The minimum atomic E-state index is -1.03. The average Bonchev–Trinajstić information content (AvgIpc) is 2.73. The van der Waals surface area contributed by atoms with Crippen LogP contribution in [0.3, 0.4) is 0 Å². The van der Waals surface area contributed by atoms with Crippen molar-refractivity contribution < 1.29 is 24.2 Å². The van der Waals surface area contributed by atoms with Crippen LogP contribution in [0.4, 0.5) is 0 Å². The Bertz CT molecular complexity index is 1070. The standard InChI is InChI=1S/C22H21N3O5/c1-14(26)24-20(13-30-12-15-5-3-2-4-6-15)22(29)25-21(28)17-9-16-7-8-18(27)10-19(16)23-11-17/h2-11,20,27H,12-13H2,1H3,(H,24,26)(H,25,28,29). The maximum Gasteiger partial charge on any atom is 0.259 e. The molecule has 0 aliphatic rings. The number of carbonyl (C=O) groups is 3. The first-order valence-corrected chi connectivity index (χ1v) is 9.25. The van der Waals surface area contributed by atoms with Gasteiger partial charge < -0.3 is 15.2 Å². The van der Waals surface area contributed by atoms with Gasteiger partial charge in [-0.2, -0.15) is 0 Å². The fourth-order valence-corrected chi connectivity index (χ4v) is 2.80. The summed E-state index contributed by atoms with van der Waals surface area (Å²) < 4.78 is 5.54. The number of carbonyl (C=O) groups excluding carboxylic acids is 3. The largest absolute Gasteiger partial charge is 0.508 e. The first-order valence-electron chi connectivity index (χ1n) is 9.25. The second kappa shape index (κ2) is 9.62. The summed E-state index contributed by atoms with van der Waals surface area (Å²) in [6.07, 6.45) is 1.31. The van der Waals surface area contributed by atoms with Gasteiger partial charge in [0, 0.05) is 24.6 Å². The molecule has 0 spiro atoms. The zero-order valence-corrected chi connectivity index (χ0v) is 16.3. The highest BCUT2D eigenvalue weighted by Gasteiger charge is 2.22. The lowest BCUT2D eigenvalue weighted by Crippen LogP contribution is -2.50. The van der Waals surface area contributed by atoms with Gasteiger partial charge in [-0.1, -0.05) is 30.3 Å². The Kier molecular flexibility index (Phi) is 6.71. The van der Waals surface area contributed by atoms with E-state index in [1.807, 2.05) is 30.3 Å². The number of nitrogens with one attached hydrogen (secondary N) is 2. The van der Waals surface area contributed by atoms with Crippen molar-refractivity contribution in [2.75, 3.05) is 6.61 Å². The molecule has 8 nitrogen and oxygen atoms in total. The minimum Gasteiger partial charge on any atom is -0.508 e. The lowest BCUT2D eigenvalue weighted by Gasteiger charge is -2.17. The van der Waals surface area contributed by atoms with Crippen molar-refractivity contribution in [1.29, 1.82) is 0 Å². The number of pyridine rings is 1. The van der Waals surface area contributed by atoms with Gasteiger partial charge in [-0.3, -0.25) is 24.7 Å². The number of aromatic nitrogens is 1. The molecule has 0 saturated carbocycles. The van der Waals surface area contributed by atoms with Crippen LogP contribution in [0, 0.1) is 0 Å². The predicted octanol–water partition coefficient (Wildman–Crippen LogP) is 1.92. The summed E-state index contributed by atoms with van der Waals surface area (Å²) in [6.45, 7) is 1.45. The summed E-state index contributed by atoms with van der Waals surface area (Å²) in [6, 6.07) is 14.5. The van der Waals surface area contributed by atoms with E-state index in [0.29, 0.717) is 10.9 Å². The second-order valence-electron chi connectivity index (χ2n) is 6.67. The highest BCUT2D eigenvalue weighted by molar-refractivity contribution is 6.07. The van der Waals surface area contributed by atoms with Gasteiger partial charge in [0.15, 0.2) is 0 Å². The molecule has 0 aliphatic carbocycles. The van der Waals surface area contributed by atoms with Crippen LogP contribution in [0.25, 0.3) is 10.9 Å². The fraction of sp³-hybridized carbons (Fsp3) is 0.182. The van der Waals surface area contributed by atoms with Crippen LogP contribution < -0.4 is 10.6 Å². The highest BCUT2D eigenvalue weighted by Crippen LogP contribution is 2.18. The molecule has 1 aromatic heterocycles. The quantitative estimate of drug-likeness (QED) is 0.551. The molecule has 8 heteroatoms. The van der Waals surface area contributed by atoms with Crippen LogP contribution >= 0.6 is 0 Å². The number of ether oxygens (including phenoxy) is 1. The van der Waals surface area contributed by atoms with E-state index in [2.05, 4.69) is 15.6 Å². The molecule has 1 heterocycles. The Labute approximate surface area is 172 Å². The van der Waals surface area contributed by atoms with Crippen LogP contribution in [0.15, 0.2) is 60.8 Å². The molecule has 0 saturated heterocycles. The van der Waals surface area contributed by atoms with Crippen molar-refractivity contribution in [3.05, 3.63) is 71.9 Å². The number of phenolic OH excluding ortho intramolecular Hbond substituents is 1. The van der Waals surface area contributed by atoms with Crippen molar-refractivity contribution in [1.82, 2.24) is 15.6 Å². The Hall–Kier alpha value is -3.78. The summed E-state index contributed by atoms with van der Waals surface area (Å²) in [7, 11) is 0. The van der Waals surface area contributed by atoms with E-state index < -0.39 is 23.8 Å². The van der Waals surface area contributed by atoms with Gasteiger partial charge in [-0.25, -0.2) is 0 Å². The van der Waals surface area contributed by atoms with Crippen LogP contribution in [0.5, 0.6) is 5.75 Å². The molecule has 0 fully saturated rings. The number of fused-ring (bicyclic) bond motifs is 1. The van der Waals surface area contributed by atoms with Gasteiger partial charge in [0.25, 0.3) is 11.8 Å². The normalized spacial score (nSPS) is 11.6. The van der Waals surface area contributed by atoms with E-state index in [0.717, 1.165) is 5.56 Å². The Morgan fingerprint density at radius 2 is 1.87 bits per heavy atom. The first-order chi connectivity index (χ1) is 14.4. The van der Waals surface area contributed by atoms with Crippen molar-refractivity contribution in [2.24, 2.45) is 0 Å². The Morgan fingerprint density at radius 1 is 1.10 bits per heavy atom. The SMILES string of the molecule is CC(=O)NC(COCc1ccccc1)C(=O)NC(=O)c1cnc2cc(O)ccc2c1. The summed E-state index contributed by atoms with van der Waals surface area (Å²) in [5.74, 6) is -1.69. The predicted molar refractivity (Wildman–Crippen MR) is 110 cm³/mol. The third-order valence-corrected chi connectivity index (χ3v) is 4.26. The topological polar surface area (TPSA) is 118 Å². The van der Waals surface area contributed by atoms with Gasteiger partial charge in [0.05, 0.1) is 24.3 Å². The summed E-state index contributed by atoms with van der Waals surface area (Å²) >= 11 is 0. The molecule has 3 aromatic rings. The summed E-state index contributed by atoms with van der Waals surface area (Å²) in [4.78, 5) is 40.6. The van der Waals surface area contributed by atoms with Crippen LogP contribution in [-0.2, 0) is 20.9 Å². The number of phenols is 1. The zero-order chi connectivity index (χ0) is 21.5. The minimum absolute atomic E-state index is 0.0658. The number of aromatic hydroxyl groups is 1. The van der Waals surface area contributed by atoms with Gasteiger partial charge in [-0.05, 0) is 23.8 Å². The van der Waals surface area contributed by atoms with Gasteiger partial charge in [-0.15, -0.1) is 0 Å². The number of nitrogens with zero attached hydrogens (tertiary/aromatic N) is 1. The number of hydrogen-bond acceptors (Lipinski definition) is 6. The summed E-state index contributed by atoms with van der Waals surface area (Å²) in [5.41, 5.74) is 1.61. The molecule has 3 N–H and O–H groups in total. The third-order valence-electron chi connectivity index (χ3n) is 4.26. The molecule has 0 aliphatic heterocycles. The molecule has 0 radical (unpaired) electrons. The van der Waals surface area contributed by atoms with Crippen LogP contribution in [0.2, 0.25) is 0 Å². The van der Waals surface area contributed by atoms with E-state index in [9.17, 15) is 19.5 Å². The van der Waals surface area contributed by atoms with Crippen LogP contribution in [-0.4, -0.2) is 40.5 Å². The molecule has 0 bridgehead atoms. The summed E-state index contributed by atoms with van der Waals surface area (Å²) in [5, 5.41) is 14.9. The van der Waals surface area contributed by atoms with E-state index in [-0.39, 0.29) is 24.5 Å². The molecule has 30 heavy (non-hydrogen) atoms. The van der Waals surface area contributed by atoms with Crippen molar-refractivity contribution in [3.8, 4) is 5.75 Å². The second-order valence-corrected chi connectivity index (χ2v) is 6.67. The van der Waals surface area contributed by atoms with Crippen molar-refractivity contribution in [2.45, 2.75) is 19.6 Å². The van der Waals surface area contributed by atoms with E-state index in [4.69, 9.17) is 4.74 Å². The molecule has 3 rings (SSSR count). The molecule has 1 atom stereocenters. The van der Waals surface area contributed by atoms with E-state index >= 15 is 0 Å². The molecule has 3 amide bonds. The first kappa shape index (κ1) is 20.9. The highest BCUT2D eigenvalue weighted by atomic mass is 16.5. The van der Waals surface area contributed by atoms with Crippen molar-refractivity contribution in [3.63, 3.8) is 0 Å². The Balaban J connectivity index is 1.64. The van der Waals surface area contributed by atoms with Crippen LogP contribution in [0.1, 0.15) is 22.8 Å². The van der Waals surface area contributed by atoms with Crippen molar-refractivity contribution >= 4 is 28.6 Å². The maximum atomic E-state index is 12.5. The smallest absolute Gasteiger partial charge is 0.259 e. The number of rotatable bonds is 7. The average molecular weight is 407 g/mol. The van der Waals surface area contributed by atoms with E-state index in [1.54, 1.807) is 12.1 Å². The molecular formula is C22H21N3O5. The van der Waals surface area contributed by atoms with Gasteiger partial charge >= 0.3 is 0 Å². The lowest BCUT2D eigenvalue weighted by molar-refractivity contribution is -0.129. The molecular weight excluding hydrogens is 386 g/mol. The monoisotopic (exact) mass is 407 g/mol. The fourth-order valence-electron chi connectivity index (χ4n) is 2.80. The maximum absolute atomic E-state index is 12.5. The number of benzene rings is 2. The van der Waals surface area contributed by atoms with Gasteiger partial charge in [0.1, 0.15) is 11.8 Å². The lowest BCUT2D eigenvalue weighted by atomic mass is 10.1. The molecule has 1 unspecified atom stereocenters. The molecule has 154 valence electrons. The van der Waals surface area contributed by atoms with E-state index in [1.165, 1.54) is 25.3 Å². The Morgan fingerprint density at radius 3 is 2.60 bits per heavy atom. The number of imide groups is 1. The third kappa shape index (κ3) is 5.62. The number of amides is 3. The molecule has 2 aromatic carbocycles. The van der Waals surface area contributed by atoms with Gasteiger partial charge in [0.2, 0.25) is 5.91 Å². The zero-order valence-electron chi connectivity index (χ0n) is 16.3. The number of hydrogen-bond donors (Lipinski definition) is 3.